The molecule has 1 amide bonds. The molecule has 1 aliphatic rings. The fraction of sp³-hybridized carbons (Fsp3) is 0.381. The van der Waals surface area contributed by atoms with Gasteiger partial charge in [0.05, 0.1) is 31.4 Å². The summed E-state index contributed by atoms with van der Waals surface area (Å²) in [5.41, 5.74) is 2.57. The third-order valence-electron chi connectivity index (χ3n) is 4.78. The second-order valence-electron chi connectivity index (χ2n) is 7.03. The van der Waals surface area contributed by atoms with Crippen LogP contribution in [0.1, 0.15) is 29.7 Å². The van der Waals surface area contributed by atoms with Crippen LogP contribution in [0.2, 0.25) is 0 Å². The Balaban J connectivity index is 1.66. The van der Waals surface area contributed by atoms with Gasteiger partial charge in [-0.2, -0.15) is 0 Å². The van der Waals surface area contributed by atoms with Crippen LogP contribution in [0, 0.1) is 11.6 Å². The van der Waals surface area contributed by atoms with Gasteiger partial charge in [-0.1, -0.05) is 24.3 Å². The second kappa shape index (κ2) is 9.23. The monoisotopic (exact) mass is 390 g/mol. The highest BCUT2D eigenvalue weighted by atomic mass is 19.1. The van der Waals surface area contributed by atoms with Crippen LogP contribution in [0.15, 0.2) is 42.5 Å². The first-order chi connectivity index (χ1) is 13.4. The Labute approximate surface area is 162 Å². The lowest BCUT2D eigenvalue weighted by molar-refractivity contribution is -0.120. The summed E-state index contributed by atoms with van der Waals surface area (Å²) < 4.78 is 32.5. The smallest absolute Gasteiger partial charge is 0.217 e. The first kappa shape index (κ1) is 20.4. The SMILES string of the molecule is CC(=O)N[C@@H](Cc1cc(F)cc(F)c1)[C@@H](O)CNC1COCc2ccccc21. The van der Waals surface area contributed by atoms with Crippen molar-refractivity contribution in [2.45, 2.75) is 38.1 Å². The predicted molar refractivity (Wildman–Crippen MR) is 101 cm³/mol. The van der Waals surface area contributed by atoms with E-state index in [1.165, 1.54) is 19.1 Å². The van der Waals surface area contributed by atoms with Gasteiger partial charge in [-0.3, -0.25) is 4.79 Å². The lowest BCUT2D eigenvalue weighted by Gasteiger charge is -2.30. The van der Waals surface area contributed by atoms with Crippen molar-refractivity contribution < 1.29 is 23.4 Å². The molecule has 0 saturated heterocycles. The molecule has 1 unspecified atom stereocenters. The number of ether oxygens (including phenoxy) is 1. The third kappa shape index (κ3) is 5.34. The Bertz CT molecular complexity index is 811. The van der Waals surface area contributed by atoms with Gasteiger partial charge in [0, 0.05) is 19.5 Å². The van der Waals surface area contributed by atoms with E-state index in [2.05, 4.69) is 10.6 Å². The fourth-order valence-corrected chi connectivity index (χ4v) is 3.48. The summed E-state index contributed by atoms with van der Waals surface area (Å²) in [7, 11) is 0. The number of aliphatic hydroxyl groups is 1. The normalized spacial score (nSPS) is 18.2. The van der Waals surface area contributed by atoms with Gasteiger partial charge in [0.1, 0.15) is 11.6 Å². The first-order valence-electron chi connectivity index (χ1n) is 9.21. The second-order valence-corrected chi connectivity index (χ2v) is 7.03. The number of benzene rings is 2. The Morgan fingerprint density at radius 2 is 1.96 bits per heavy atom. The topological polar surface area (TPSA) is 70.6 Å². The number of carbonyl (C=O) groups is 1. The molecule has 3 rings (SSSR count). The lowest BCUT2D eigenvalue weighted by atomic mass is 9.97. The van der Waals surface area contributed by atoms with Gasteiger partial charge < -0.3 is 20.5 Å². The van der Waals surface area contributed by atoms with E-state index in [1.54, 1.807) is 0 Å². The highest BCUT2D eigenvalue weighted by Crippen LogP contribution is 2.24. The highest BCUT2D eigenvalue weighted by molar-refractivity contribution is 5.73. The number of nitrogens with one attached hydrogen (secondary N) is 2. The van der Waals surface area contributed by atoms with Gasteiger partial charge in [0.2, 0.25) is 5.91 Å². The van der Waals surface area contributed by atoms with Gasteiger partial charge in [-0.15, -0.1) is 0 Å². The van der Waals surface area contributed by atoms with E-state index in [0.717, 1.165) is 17.2 Å². The van der Waals surface area contributed by atoms with Crippen molar-refractivity contribution in [3.8, 4) is 0 Å². The van der Waals surface area contributed by atoms with E-state index >= 15 is 0 Å². The highest BCUT2D eigenvalue weighted by Gasteiger charge is 2.25. The maximum atomic E-state index is 13.5. The molecule has 2 aromatic rings. The number of aliphatic hydroxyl groups excluding tert-OH is 1. The number of amides is 1. The van der Waals surface area contributed by atoms with Crippen LogP contribution in [0.5, 0.6) is 0 Å². The molecule has 1 heterocycles. The molecule has 2 aromatic carbocycles. The summed E-state index contributed by atoms with van der Waals surface area (Å²) in [4.78, 5) is 11.5. The van der Waals surface area contributed by atoms with E-state index in [9.17, 15) is 18.7 Å². The molecule has 3 atom stereocenters. The minimum absolute atomic E-state index is 0.0795. The molecule has 0 radical (unpaired) electrons. The Hall–Kier alpha value is -2.35. The maximum Gasteiger partial charge on any atom is 0.217 e. The Kier molecular flexibility index (Phi) is 6.72. The number of rotatable bonds is 7. The van der Waals surface area contributed by atoms with Crippen molar-refractivity contribution in [2.75, 3.05) is 13.2 Å². The van der Waals surface area contributed by atoms with E-state index in [4.69, 9.17) is 4.74 Å². The molecule has 1 aliphatic heterocycles. The molecule has 0 spiro atoms. The minimum Gasteiger partial charge on any atom is -0.390 e. The van der Waals surface area contributed by atoms with Crippen LogP contribution in [0.3, 0.4) is 0 Å². The van der Waals surface area contributed by atoms with Crippen molar-refractivity contribution >= 4 is 5.91 Å². The molecule has 7 heteroatoms. The van der Waals surface area contributed by atoms with Crippen LogP contribution in [-0.4, -0.2) is 36.3 Å². The molecule has 0 aliphatic carbocycles. The van der Waals surface area contributed by atoms with Crippen molar-refractivity contribution in [3.05, 3.63) is 70.8 Å². The van der Waals surface area contributed by atoms with Gasteiger partial charge in [-0.05, 0) is 35.2 Å². The molecular weight excluding hydrogens is 366 g/mol. The average Bonchev–Trinajstić information content (AvgIpc) is 2.64. The van der Waals surface area contributed by atoms with Crippen molar-refractivity contribution in [1.82, 2.24) is 10.6 Å². The quantitative estimate of drug-likeness (QED) is 0.678. The molecule has 150 valence electrons. The third-order valence-corrected chi connectivity index (χ3v) is 4.78. The summed E-state index contributed by atoms with van der Waals surface area (Å²) in [6.07, 6.45) is -0.848. The lowest BCUT2D eigenvalue weighted by Crippen LogP contribution is -2.49. The Morgan fingerprint density at radius 3 is 2.68 bits per heavy atom. The number of hydrogen-bond acceptors (Lipinski definition) is 4. The summed E-state index contributed by atoms with van der Waals surface area (Å²) in [6, 6.07) is 10.3. The van der Waals surface area contributed by atoms with Crippen LogP contribution in [0.4, 0.5) is 8.78 Å². The van der Waals surface area contributed by atoms with E-state index in [1.807, 2.05) is 24.3 Å². The van der Waals surface area contributed by atoms with Crippen LogP contribution in [0.25, 0.3) is 0 Å². The van der Waals surface area contributed by atoms with Crippen molar-refractivity contribution in [2.24, 2.45) is 0 Å². The molecular formula is C21H24F2N2O3. The number of carbonyl (C=O) groups excluding carboxylic acids is 1. The van der Waals surface area contributed by atoms with Crippen molar-refractivity contribution in [3.63, 3.8) is 0 Å². The number of halogens is 2. The van der Waals surface area contributed by atoms with Crippen LogP contribution >= 0.6 is 0 Å². The largest absolute Gasteiger partial charge is 0.390 e. The molecule has 5 nitrogen and oxygen atoms in total. The van der Waals surface area contributed by atoms with Gasteiger partial charge in [0.15, 0.2) is 0 Å². The first-order valence-corrected chi connectivity index (χ1v) is 9.21. The zero-order chi connectivity index (χ0) is 20.1. The van der Waals surface area contributed by atoms with Crippen molar-refractivity contribution in [1.29, 1.82) is 0 Å². The zero-order valence-corrected chi connectivity index (χ0v) is 15.6. The average molecular weight is 390 g/mol. The number of fused-ring (bicyclic) bond motifs is 1. The fourth-order valence-electron chi connectivity index (χ4n) is 3.48. The predicted octanol–water partition coefficient (Wildman–Crippen LogP) is 2.23. The van der Waals surface area contributed by atoms with Gasteiger partial charge >= 0.3 is 0 Å². The molecule has 28 heavy (non-hydrogen) atoms. The maximum absolute atomic E-state index is 13.5. The summed E-state index contributed by atoms with van der Waals surface area (Å²) in [5.74, 6) is -1.72. The Morgan fingerprint density at radius 1 is 1.25 bits per heavy atom. The van der Waals surface area contributed by atoms with E-state index < -0.39 is 23.8 Å². The number of hydrogen-bond donors (Lipinski definition) is 3. The summed E-state index contributed by atoms with van der Waals surface area (Å²) in [5, 5.41) is 16.6. The summed E-state index contributed by atoms with van der Waals surface area (Å²) in [6.45, 7) is 2.55. The molecule has 0 fully saturated rings. The van der Waals surface area contributed by atoms with Gasteiger partial charge in [-0.25, -0.2) is 8.78 Å². The van der Waals surface area contributed by atoms with Crippen LogP contribution in [-0.2, 0) is 22.6 Å². The minimum atomic E-state index is -0.954. The van der Waals surface area contributed by atoms with E-state index in [-0.39, 0.29) is 24.9 Å². The zero-order valence-electron chi connectivity index (χ0n) is 15.6. The van der Waals surface area contributed by atoms with E-state index in [0.29, 0.717) is 18.8 Å². The molecule has 0 aromatic heterocycles. The standard InChI is InChI=1S/C21H24F2N2O3/c1-13(26)25-19(8-14-6-16(22)9-17(23)7-14)21(27)10-24-20-12-28-11-15-4-2-3-5-18(15)20/h2-7,9,19-21,24,27H,8,10-12H2,1H3,(H,25,26)/t19-,20?,21-/m0/s1. The molecule has 0 bridgehead atoms. The molecule has 0 saturated carbocycles. The van der Waals surface area contributed by atoms with Crippen LogP contribution < -0.4 is 10.6 Å². The summed E-state index contributed by atoms with van der Waals surface area (Å²) >= 11 is 0. The molecule has 3 N–H and O–H groups in total. The van der Waals surface area contributed by atoms with Gasteiger partial charge in [0.25, 0.3) is 0 Å².